The molecule has 0 spiro atoms. The summed E-state index contributed by atoms with van der Waals surface area (Å²) in [6.07, 6.45) is 8.20. The van der Waals surface area contributed by atoms with Crippen molar-refractivity contribution in [2.45, 2.75) is 6.92 Å². The first-order chi connectivity index (χ1) is 18.9. The summed E-state index contributed by atoms with van der Waals surface area (Å²) in [7, 11) is -1.85. The molecule has 1 aliphatic heterocycles. The normalized spacial score (nSPS) is 14.2. The molecular weight excluding hydrogens is 518 g/mol. The molecule has 3 aromatic heterocycles. The molecule has 0 amide bonds. The summed E-state index contributed by atoms with van der Waals surface area (Å²) in [6, 6.07) is 11.5. The first-order valence-corrected chi connectivity index (χ1v) is 14.5. The van der Waals surface area contributed by atoms with Crippen molar-refractivity contribution in [3.05, 3.63) is 60.0 Å². The number of nitrogens with one attached hydrogen (secondary N) is 2. The SMILES string of the molecule is CCN(c1ncccc1C=Cc1nc(Nc2ccc(N3CCOCC3)cc2OC)nc2[nH]ccc12)S(C)(=O)=O. The van der Waals surface area contributed by atoms with Gasteiger partial charge in [-0.05, 0) is 49.4 Å². The van der Waals surface area contributed by atoms with Crippen molar-refractivity contribution in [1.82, 2.24) is 19.9 Å². The topological polar surface area (TPSA) is 126 Å². The number of hydrogen-bond acceptors (Lipinski definition) is 9. The first kappa shape index (κ1) is 26.4. The average Bonchev–Trinajstić information content (AvgIpc) is 3.41. The summed E-state index contributed by atoms with van der Waals surface area (Å²) in [5, 5.41) is 4.11. The van der Waals surface area contributed by atoms with Gasteiger partial charge in [0, 0.05) is 54.7 Å². The highest BCUT2D eigenvalue weighted by Gasteiger charge is 2.19. The van der Waals surface area contributed by atoms with Crippen LogP contribution in [0.15, 0.2) is 48.8 Å². The number of ether oxygens (including phenoxy) is 2. The predicted octanol–water partition coefficient (Wildman–Crippen LogP) is 3.90. The fourth-order valence-corrected chi connectivity index (χ4v) is 5.46. The molecule has 11 nitrogen and oxygen atoms in total. The van der Waals surface area contributed by atoms with E-state index in [4.69, 9.17) is 14.5 Å². The van der Waals surface area contributed by atoms with E-state index in [0.717, 1.165) is 29.9 Å². The Balaban J connectivity index is 1.47. The maximum atomic E-state index is 12.3. The quantitative estimate of drug-likeness (QED) is 0.320. The lowest BCUT2D eigenvalue weighted by Crippen LogP contribution is -2.36. The van der Waals surface area contributed by atoms with E-state index in [9.17, 15) is 8.42 Å². The fourth-order valence-electron chi connectivity index (χ4n) is 4.53. The number of H-pyrrole nitrogens is 1. The third kappa shape index (κ3) is 5.81. The number of morpholine rings is 1. The zero-order chi connectivity index (χ0) is 27.4. The lowest BCUT2D eigenvalue weighted by Gasteiger charge is -2.29. The zero-order valence-electron chi connectivity index (χ0n) is 22.1. The molecule has 204 valence electrons. The van der Waals surface area contributed by atoms with Crippen LogP contribution in [-0.4, -0.2) is 74.6 Å². The van der Waals surface area contributed by atoms with Gasteiger partial charge in [0.15, 0.2) is 0 Å². The lowest BCUT2D eigenvalue weighted by molar-refractivity contribution is 0.122. The number of pyridine rings is 1. The summed E-state index contributed by atoms with van der Waals surface area (Å²) in [5.74, 6) is 1.42. The van der Waals surface area contributed by atoms with E-state index in [1.807, 2.05) is 42.5 Å². The third-order valence-electron chi connectivity index (χ3n) is 6.41. The Bertz CT molecular complexity index is 1600. The highest BCUT2D eigenvalue weighted by Crippen LogP contribution is 2.32. The van der Waals surface area contributed by atoms with Gasteiger partial charge in [-0.2, -0.15) is 4.98 Å². The van der Waals surface area contributed by atoms with Crippen LogP contribution in [0.2, 0.25) is 0 Å². The van der Waals surface area contributed by atoms with Crippen LogP contribution >= 0.6 is 0 Å². The van der Waals surface area contributed by atoms with Gasteiger partial charge in [-0.15, -0.1) is 0 Å². The number of aromatic nitrogens is 4. The number of rotatable bonds is 9. The van der Waals surface area contributed by atoms with Crippen LogP contribution in [-0.2, 0) is 14.8 Å². The van der Waals surface area contributed by atoms with Gasteiger partial charge in [-0.1, -0.05) is 0 Å². The van der Waals surface area contributed by atoms with Gasteiger partial charge in [0.2, 0.25) is 16.0 Å². The Morgan fingerprint density at radius 2 is 2.00 bits per heavy atom. The molecule has 12 heteroatoms. The van der Waals surface area contributed by atoms with Crippen molar-refractivity contribution >= 4 is 56.3 Å². The van der Waals surface area contributed by atoms with E-state index in [-0.39, 0.29) is 6.54 Å². The second-order valence-corrected chi connectivity index (χ2v) is 10.9. The molecule has 1 fully saturated rings. The monoisotopic (exact) mass is 549 g/mol. The lowest BCUT2D eigenvalue weighted by atomic mass is 10.2. The highest BCUT2D eigenvalue weighted by molar-refractivity contribution is 7.92. The van der Waals surface area contributed by atoms with Crippen LogP contribution in [0, 0.1) is 0 Å². The van der Waals surface area contributed by atoms with Crippen LogP contribution in [0.5, 0.6) is 5.75 Å². The van der Waals surface area contributed by atoms with Gasteiger partial charge in [-0.3, -0.25) is 4.31 Å². The molecule has 0 radical (unpaired) electrons. The first-order valence-electron chi connectivity index (χ1n) is 12.6. The highest BCUT2D eigenvalue weighted by atomic mass is 32.2. The molecule has 0 bridgehead atoms. The number of hydrogen-bond donors (Lipinski definition) is 2. The molecule has 4 heterocycles. The molecule has 0 atom stereocenters. The number of methoxy groups -OCH3 is 1. The van der Waals surface area contributed by atoms with Crippen molar-refractivity contribution in [1.29, 1.82) is 0 Å². The van der Waals surface area contributed by atoms with Crippen molar-refractivity contribution in [3.63, 3.8) is 0 Å². The van der Waals surface area contributed by atoms with Crippen molar-refractivity contribution in [2.24, 2.45) is 0 Å². The second-order valence-electron chi connectivity index (χ2n) is 8.96. The number of fused-ring (bicyclic) bond motifs is 1. The maximum absolute atomic E-state index is 12.3. The Morgan fingerprint density at radius 3 is 2.74 bits per heavy atom. The van der Waals surface area contributed by atoms with Gasteiger partial charge in [0.1, 0.15) is 17.2 Å². The van der Waals surface area contributed by atoms with E-state index in [1.54, 1.807) is 32.5 Å². The predicted molar refractivity (Wildman–Crippen MR) is 154 cm³/mol. The number of anilines is 4. The molecule has 39 heavy (non-hydrogen) atoms. The van der Waals surface area contributed by atoms with Crippen LogP contribution < -0.4 is 19.3 Å². The molecule has 0 aliphatic carbocycles. The average molecular weight is 550 g/mol. The van der Waals surface area contributed by atoms with Crippen molar-refractivity contribution < 1.29 is 17.9 Å². The minimum absolute atomic E-state index is 0.270. The molecule has 1 aliphatic rings. The standard InChI is InChI=1S/C27H31N7O4S/c1-4-34(39(3,35)36)26-19(6-5-12-29-26)7-9-22-21-11-13-28-25(21)32-27(30-22)31-23-10-8-20(18-24(23)37-2)33-14-16-38-17-15-33/h5-13,18H,4,14-17H2,1-3H3,(H2,28,30,31,32). The zero-order valence-corrected chi connectivity index (χ0v) is 22.9. The molecule has 4 aromatic rings. The number of sulfonamides is 1. The van der Waals surface area contributed by atoms with Gasteiger partial charge in [0.25, 0.3) is 0 Å². The number of benzene rings is 1. The van der Waals surface area contributed by atoms with E-state index in [0.29, 0.717) is 47.6 Å². The Kier molecular flexibility index (Phi) is 7.66. The van der Waals surface area contributed by atoms with Gasteiger partial charge >= 0.3 is 0 Å². The molecule has 0 unspecified atom stereocenters. The van der Waals surface area contributed by atoms with Crippen LogP contribution in [0.3, 0.4) is 0 Å². The van der Waals surface area contributed by atoms with Gasteiger partial charge in [0.05, 0.1) is 38.0 Å². The Hall–Kier alpha value is -4.16. The number of nitrogens with zero attached hydrogens (tertiary/aromatic N) is 5. The summed E-state index contributed by atoms with van der Waals surface area (Å²) >= 11 is 0. The van der Waals surface area contributed by atoms with E-state index in [1.165, 1.54) is 10.6 Å². The van der Waals surface area contributed by atoms with Crippen LogP contribution in [0.1, 0.15) is 18.2 Å². The molecular formula is C27H31N7O4S. The molecule has 5 rings (SSSR count). The molecule has 2 N–H and O–H groups in total. The van der Waals surface area contributed by atoms with E-state index >= 15 is 0 Å². The summed E-state index contributed by atoms with van der Waals surface area (Å²) in [6.45, 7) is 5.11. The van der Waals surface area contributed by atoms with Crippen LogP contribution in [0.4, 0.5) is 23.1 Å². The van der Waals surface area contributed by atoms with E-state index < -0.39 is 10.0 Å². The Morgan fingerprint density at radius 1 is 1.18 bits per heavy atom. The summed E-state index contributed by atoms with van der Waals surface area (Å²) < 4.78 is 37.1. The molecule has 1 saturated heterocycles. The second kappa shape index (κ2) is 11.3. The summed E-state index contributed by atoms with van der Waals surface area (Å²) in [4.78, 5) is 19.1. The largest absolute Gasteiger partial charge is 0.494 e. The van der Waals surface area contributed by atoms with Crippen molar-refractivity contribution in [2.75, 3.05) is 60.7 Å². The summed E-state index contributed by atoms with van der Waals surface area (Å²) in [5.41, 5.74) is 3.77. The molecule has 1 aromatic carbocycles. The van der Waals surface area contributed by atoms with Crippen LogP contribution in [0.25, 0.3) is 23.2 Å². The Labute approximate surface area is 227 Å². The van der Waals surface area contributed by atoms with Gasteiger partial charge < -0.3 is 24.7 Å². The maximum Gasteiger partial charge on any atom is 0.233 e. The van der Waals surface area contributed by atoms with Crippen molar-refractivity contribution in [3.8, 4) is 5.75 Å². The smallest absolute Gasteiger partial charge is 0.233 e. The van der Waals surface area contributed by atoms with Gasteiger partial charge in [-0.25, -0.2) is 18.4 Å². The third-order valence-corrected chi connectivity index (χ3v) is 7.65. The number of aromatic amines is 1. The molecule has 0 saturated carbocycles. The fraction of sp³-hybridized carbons (Fsp3) is 0.296. The van der Waals surface area contributed by atoms with E-state index in [2.05, 4.69) is 25.2 Å². The minimum atomic E-state index is -3.48. The minimum Gasteiger partial charge on any atom is -0.494 e.